The van der Waals surface area contributed by atoms with Crippen LogP contribution in [0, 0.1) is 6.92 Å². The number of aryl methyl sites for hydroxylation is 1. The first-order valence-electron chi connectivity index (χ1n) is 5.13. The highest BCUT2D eigenvalue weighted by Crippen LogP contribution is 2.23. The number of hydrogen-bond acceptors (Lipinski definition) is 2. The molecule has 0 saturated heterocycles. The van der Waals surface area contributed by atoms with Crippen LogP contribution in [0.2, 0.25) is 0 Å². The van der Waals surface area contributed by atoms with E-state index in [9.17, 15) is 0 Å². The molecule has 0 unspecified atom stereocenters. The molecule has 16 heavy (non-hydrogen) atoms. The second-order valence-corrected chi connectivity index (χ2v) is 4.57. The highest BCUT2D eigenvalue weighted by atomic mass is 79.9. The third kappa shape index (κ3) is 2.27. The highest BCUT2D eigenvalue weighted by molar-refractivity contribution is 9.10. The molecule has 1 N–H and O–H groups in total. The van der Waals surface area contributed by atoms with Gasteiger partial charge in [0, 0.05) is 29.6 Å². The monoisotopic (exact) mass is 279 g/mol. The Morgan fingerprint density at radius 2 is 2.25 bits per heavy atom. The lowest BCUT2D eigenvalue weighted by Gasteiger charge is -2.10. The molecule has 0 atom stereocenters. The third-order valence-corrected chi connectivity index (χ3v) is 3.48. The Balaban J connectivity index is 2.11. The van der Waals surface area contributed by atoms with Crippen molar-refractivity contribution in [3.63, 3.8) is 0 Å². The van der Waals surface area contributed by atoms with Crippen molar-refractivity contribution in [2.75, 3.05) is 5.32 Å². The number of imidazole rings is 1. The summed E-state index contributed by atoms with van der Waals surface area (Å²) in [5.74, 6) is 1.03. The maximum atomic E-state index is 4.27. The quantitative estimate of drug-likeness (QED) is 0.936. The Morgan fingerprint density at radius 1 is 1.44 bits per heavy atom. The van der Waals surface area contributed by atoms with Gasteiger partial charge in [-0.15, -0.1) is 0 Å². The lowest BCUT2D eigenvalue weighted by Crippen LogP contribution is -2.06. The fourth-order valence-corrected chi connectivity index (χ4v) is 1.91. The first-order chi connectivity index (χ1) is 7.68. The van der Waals surface area contributed by atoms with Gasteiger partial charge < -0.3 is 9.88 Å². The number of halogens is 1. The summed E-state index contributed by atoms with van der Waals surface area (Å²) < 4.78 is 3.14. The molecule has 2 rings (SSSR count). The van der Waals surface area contributed by atoms with Crippen molar-refractivity contribution in [1.82, 2.24) is 9.55 Å². The summed E-state index contributed by atoms with van der Waals surface area (Å²) in [4.78, 5) is 4.27. The molecule has 1 aromatic heterocycles. The number of nitrogens with one attached hydrogen (secondary N) is 1. The summed E-state index contributed by atoms with van der Waals surface area (Å²) in [7, 11) is 2.00. The Kier molecular flexibility index (Phi) is 3.29. The van der Waals surface area contributed by atoms with Gasteiger partial charge in [0.2, 0.25) is 0 Å². The fourth-order valence-electron chi connectivity index (χ4n) is 1.54. The summed E-state index contributed by atoms with van der Waals surface area (Å²) in [6.45, 7) is 2.83. The van der Waals surface area contributed by atoms with Gasteiger partial charge in [-0.05, 0) is 24.6 Å². The Labute approximate surface area is 104 Å². The molecular weight excluding hydrogens is 266 g/mol. The van der Waals surface area contributed by atoms with E-state index in [0.29, 0.717) is 0 Å². The Morgan fingerprint density at radius 3 is 2.94 bits per heavy atom. The van der Waals surface area contributed by atoms with E-state index in [1.165, 1.54) is 5.56 Å². The van der Waals surface area contributed by atoms with Crippen LogP contribution >= 0.6 is 15.9 Å². The molecule has 0 spiro atoms. The van der Waals surface area contributed by atoms with Gasteiger partial charge >= 0.3 is 0 Å². The molecule has 0 aliphatic carbocycles. The minimum absolute atomic E-state index is 0.737. The predicted molar refractivity (Wildman–Crippen MR) is 69.4 cm³/mol. The van der Waals surface area contributed by atoms with Crippen LogP contribution in [0.5, 0.6) is 0 Å². The van der Waals surface area contributed by atoms with E-state index in [1.54, 1.807) is 0 Å². The molecule has 84 valence electrons. The van der Waals surface area contributed by atoms with E-state index in [2.05, 4.69) is 39.2 Å². The molecule has 3 nitrogen and oxygen atoms in total. The van der Waals surface area contributed by atoms with Gasteiger partial charge in [0.15, 0.2) is 0 Å². The minimum atomic E-state index is 0.737. The van der Waals surface area contributed by atoms with Crippen LogP contribution in [0.15, 0.2) is 35.1 Å². The molecule has 4 heteroatoms. The van der Waals surface area contributed by atoms with Crippen molar-refractivity contribution in [3.05, 3.63) is 46.5 Å². The van der Waals surface area contributed by atoms with Crippen molar-refractivity contribution < 1.29 is 0 Å². The summed E-state index contributed by atoms with van der Waals surface area (Å²) in [6, 6.07) is 6.14. The van der Waals surface area contributed by atoms with Gasteiger partial charge in [0.25, 0.3) is 0 Å². The van der Waals surface area contributed by atoms with Crippen LogP contribution in [-0.4, -0.2) is 9.55 Å². The summed E-state index contributed by atoms with van der Waals surface area (Å²) in [5.41, 5.74) is 2.36. The largest absolute Gasteiger partial charge is 0.378 e. The summed E-state index contributed by atoms with van der Waals surface area (Å²) in [6.07, 6.45) is 3.76. The van der Waals surface area contributed by atoms with Gasteiger partial charge in [-0.3, -0.25) is 0 Å². The maximum Gasteiger partial charge on any atom is 0.127 e. The van der Waals surface area contributed by atoms with Crippen LogP contribution in [0.25, 0.3) is 0 Å². The molecule has 0 fully saturated rings. The first-order valence-corrected chi connectivity index (χ1v) is 5.93. The standard InChI is InChI=1S/C12H14BrN3/c1-9-10(13)4-3-5-11(9)15-8-12-14-6-7-16(12)2/h3-7,15H,8H2,1-2H3. The molecule has 0 aliphatic rings. The zero-order valence-corrected chi connectivity index (χ0v) is 11.0. The molecule has 2 aromatic rings. The van der Waals surface area contributed by atoms with E-state index >= 15 is 0 Å². The number of anilines is 1. The zero-order valence-electron chi connectivity index (χ0n) is 9.37. The van der Waals surface area contributed by atoms with E-state index in [-0.39, 0.29) is 0 Å². The van der Waals surface area contributed by atoms with E-state index in [4.69, 9.17) is 0 Å². The maximum absolute atomic E-state index is 4.27. The predicted octanol–water partition coefficient (Wildman–Crippen LogP) is 3.10. The van der Waals surface area contributed by atoms with Crippen molar-refractivity contribution in [2.45, 2.75) is 13.5 Å². The Hall–Kier alpha value is -1.29. The number of hydrogen-bond donors (Lipinski definition) is 1. The van der Waals surface area contributed by atoms with E-state index in [0.717, 1.165) is 22.5 Å². The summed E-state index contributed by atoms with van der Waals surface area (Å²) in [5, 5.41) is 3.38. The topological polar surface area (TPSA) is 29.9 Å². The van der Waals surface area contributed by atoms with Crippen molar-refractivity contribution >= 4 is 21.6 Å². The van der Waals surface area contributed by atoms with Crippen LogP contribution in [-0.2, 0) is 13.6 Å². The van der Waals surface area contributed by atoms with E-state index < -0.39 is 0 Å². The van der Waals surface area contributed by atoms with Crippen LogP contribution in [0.3, 0.4) is 0 Å². The van der Waals surface area contributed by atoms with Gasteiger partial charge in [0.05, 0.1) is 6.54 Å². The molecule has 1 aromatic carbocycles. The van der Waals surface area contributed by atoms with Gasteiger partial charge in [-0.1, -0.05) is 22.0 Å². The number of benzene rings is 1. The number of aromatic nitrogens is 2. The lowest BCUT2D eigenvalue weighted by atomic mass is 10.2. The van der Waals surface area contributed by atoms with Crippen LogP contribution in [0.1, 0.15) is 11.4 Å². The first kappa shape index (κ1) is 11.2. The Bertz CT molecular complexity index is 491. The molecular formula is C12H14BrN3. The SMILES string of the molecule is Cc1c(Br)cccc1NCc1nccn1C. The van der Waals surface area contributed by atoms with Gasteiger partial charge in [0.1, 0.15) is 5.82 Å². The second kappa shape index (κ2) is 4.70. The van der Waals surface area contributed by atoms with Crippen molar-refractivity contribution in [2.24, 2.45) is 7.05 Å². The number of nitrogens with zero attached hydrogens (tertiary/aromatic N) is 2. The average molecular weight is 280 g/mol. The zero-order chi connectivity index (χ0) is 11.5. The molecule has 0 amide bonds. The molecule has 0 aliphatic heterocycles. The average Bonchev–Trinajstić information content (AvgIpc) is 2.67. The summed E-state index contributed by atoms with van der Waals surface area (Å²) >= 11 is 3.52. The highest BCUT2D eigenvalue weighted by Gasteiger charge is 2.03. The van der Waals surface area contributed by atoms with Gasteiger partial charge in [-0.25, -0.2) is 4.98 Å². The normalized spacial score (nSPS) is 10.4. The third-order valence-electron chi connectivity index (χ3n) is 2.63. The molecule has 0 saturated carbocycles. The smallest absolute Gasteiger partial charge is 0.127 e. The van der Waals surface area contributed by atoms with Crippen molar-refractivity contribution in [1.29, 1.82) is 0 Å². The van der Waals surface area contributed by atoms with Crippen LogP contribution < -0.4 is 5.32 Å². The van der Waals surface area contributed by atoms with Crippen LogP contribution in [0.4, 0.5) is 5.69 Å². The second-order valence-electron chi connectivity index (χ2n) is 3.72. The lowest BCUT2D eigenvalue weighted by molar-refractivity contribution is 0.812. The van der Waals surface area contributed by atoms with Crippen molar-refractivity contribution in [3.8, 4) is 0 Å². The number of rotatable bonds is 3. The van der Waals surface area contributed by atoms with Gasteiger partial charge in [-0.2, -0.15) is 0 Å². The van der Waals surface area contributed by atoms with E-state index in [1.807, 2.05) is 36.1 Å². The fraction of sp³-hybridized carbons (Fsp3) is 0.250. The molecule has 0 bridgehead atoms. The molecule has 0 radical (unpaired) electrons. The minimum Gasteiger partial charge on any atom is -0.378 e. The molecule has 1 heterocycles.